The highest BCUT2D eigenvalue weighted by atomic mass is 35.5. The Morgan fingerprint density at radius 1 is 1.31 bits per heavy atom. The van der Waals surface area contributed by atoms with Gasteiger partial charge < -0.3 is 10.1 Å². The van der Waals surface area contributed by atoms with Crippen LogP contribution in [-0.2, 0) is 10.5 Å². The summed E-state index contributed by atoms with van der Waals surface area (Å²) in [7, 11) is 0. The molecule has 2 aromatic rings. The number of aryl methyl sites for hydroxylation is 1. The maximum Gasteiger partial charge on any atom is 0.261 e. The number of ether oxygens (including phenoxy) is 1. The largest absolute Gasteiger partial charge is 0.481 e. The first-order valence-corrected chi connectivity index (χ1v) is 10.1. The summed E-state index contributed by atoms with van der Waals surface area (Å²) < 4.78 is 19.5. The fourth-order valence-corrected chi connectivity index (χ4v) is 3.58. The highest BCUT2D eigenvalue weighted by Crippen LogP contribution is 2.23. The number of carbonyl (C=O) groups excluding carboxylic acids is 1. The molecule has 0 unspecified atom stereocenters. The van der Waals surface area contributed by atoms with Crippen LogP contribution in [0.15, 0.2) is 42.5 Å². The fourth-order valence-electron chi connectivity index (χ4n) is 2.38. The predicted octanol–water partition coefficient (Wildman–Crippen LogP) is 4.99. The zero-order valence-corrected chi connectivity index (χ0v) is 16.5. The second-order valence-electron chi connectivity index (χ2n) is 5.88. The van der Waals surface area contributed by atoms with E-state index in [-0.39, 0.29) is 11.7 Å². The van der Waals surface area contributed by atoms with E-state index in [0.717, 1.165) is 5.56 Å². The van der Waals surface area contributed by atoms with E-state index in [1.165, 1.54) is 17.8 Å². The van der Waals surface area contributed by atoms with Crippen molar-refractivity contribution < 1.29 is 13.9 Å². The van der Waals surface area contributed by atoms with Gasteiger partial charge in [0, 0.05) is 28.6 Å². The highest BCUT2D eigenvalue weighted by Gasteiger charge is 2.17. The van der Waals surface area contributed by atoms with Crippen molar-refractivity contribution in [1.82, 2.24) is 5.32 Å². The zero-order valence-electron chi connectivity index (χ0n) is 14.9. The van der Waals surface area contributed by atoms with Crippen molar-refractivity contribution in [2.75, 3.05) is 12.3 Å². The number of carbonyl (C=O) groups is 1. The van der Waals surface area contributed by atoms with Crippen LogP contribution >= 0.6 is 23.4 Å². The number of halogens is 2. The molecule has 2 aromatic carbocycles. The first-order chi connectivity index (χ1) is 12.5. The van der Waals surface area contributed by atoms with Gasteiger partial charge in [-0.05, 0) is 43.2 Å². The lowest BCUT2D eigenvalue weighted by Crippen LogP contribution is -2.39. The topological polar surface area (TPSA) is 38.3 Å². The molecule has 1 amide bonds. The third kappa shape index (κ3) is 6.22. The van der Waals surface area contributed by atoms with Gasteiger partial charge in [0.25, 0.3) is 5.91 Å². The van der Waals surface area contributed by atoms with E-state index in [0.29, 0.717) is 40.8 Å². The summed E-state index contributed by atoms with van der Waals surface area (Å²) in [5.41, 5.74) is 1.58. The Morgan fingerprint density at radius 2 is 2.08 bits per heavy atom. The molecule has 0 radical (unpaired) electrons. The average Bonchev–Trinajstić information content (AvgIpc) is 2.61. The van der Waals surface area contributed by atoms with E-state index in [1.54, 1.807) is 12.1 Å². The van der Waals surface area contributed by atoms with Crippen LogP contribution in [0.4, 0.5) is 4.39 Å². The van der Waals surface area contributed by atoms with Crippen LogP contribution in [0.1, 0.15) is 24.5 Å². The second kappa shape index (κ2) is 10.4. The fraction of sp³-hybridized carbons (Fsp3) is 0.350. The van der Waals surface area contributed by atoms with E-state index in [2.05, 4.69) is 5.32 Å². The third-order valence-electron chi connectivity index (χ3n) is 3.78. The Bertz CT molecular complexity index is 721. The molecule has 1 N–H and O–H groups in total. The zero-order chi connectivity index (χ0) is 18.9. The molecule has 0 heterocycles. The van der Waals surface area contributed by atoms with Gasteiger partial charge in [0.05, 0.1) is 0 Å². The van der Waals surface area contributed by atoms with Crippen molar-refractivity contribution in [1.29, 1.82) is 0 Å². The number of rotatable bonds is 9. The van der Waals surface area contributed by atoms with Crippen LogP contribution in [0.3, 0.4) is 0 Å². The highest BCUT2D eigenvalue weighted by molar-refractivity contribution is 7.98. The summed E-state index contributed by atoms with van der Waals surface area (Å²) >= 11 is 7.52. The molecule has 0 aliphatic carbocycles. The lowest BCUT2D eigenvalue weighted by atomic mass is 10.2. The van der Waals surface area contributed by atoms with Crippen molar-refractivity contribution in [3.63, 3.8) is 0 Å². The van der Waals surface area contributed by atoms with Gasteiger partial charge in [-0.2, -0.15) is 11.8 Å². The molecular weight excluding hydrogens is 373 g/mol. The van der Waals surface area contributed by atoms with Crippen LogP contribution in [0.25, 0.3) is 0 Å². The molecule has 0 bridgehead atoms. The third-order valence-corrected chi connectivity index (χ3v) is 5.12. The number of benzene rings is 2. The minimum Gasteiger partial charge on any atom is -0.481 e. The summed E-state index contributed by atoms with van der Waals surface area (Å²) in [4.78, 5) is 12.3. The molecule has 3 nitrogen and oxygen atoms in total. The standard InChI is InChI=1S/C20H23ClFNO2S/c1-3-19(25-15-7-4-6-14(2)12-15)20(24)23-10-11-26-13-16-17(21)8-5-9-18(16)22/h4-9,12,19H,3,10-11,13H2,1-2H3,(H,23,24)/t19-/m0/s1. The van der Waals surface area contributed by atoms with Crippen LogP contribution in [0, 0.1) is 12.7 Å². The number of thioether (sulfide) groups is 1. The molecule has 6 heteroatoms. The summed E-state index contributed by atoms with van der Waals surface area (Å²) in [5.74, 6) is 1.39. The number of nitrogens with one attached hydrogen (secondary N) is 1. The van der Waals surface area contributed by atoms with Gasteiger partial charge in [0.2, 0.25) is 0 Å². The number of hydrogen-bond acceptors (Lipinski definition) is 3. The molecule has 0 aliphatic rings. The minimum absolute atomic E-state index is 0.140. The Labute approximate surface area is 163 Å². The van der Waals surface area contributed by atoms with Crippen molar-refractivity contribution in [3.05, 3.63) is 64.4 Å². The first kappa shape index (κ1) is 20.6. The van der Waals surface area contributed by atoms with Crippen molar-refractivity contribution in [2.24, 2.45) is 0 Å². The average molecular weight is 396 g/mol. The monoisotopic (exact) mass is 395 g/mol. The van der Waals surface area contributed by atoms with Crippen LogP contribution in [0.2, 0.25) is 5.02 Å². The molecule has 0 spiro atoms. The molecule has 0 saturated heterocycles. The van der Waals surface area contributed by atoms with Crippen LogP contribution in [-0.4, -0.2) is 24.3 Å². The van der Waals surface area contributed by atoms with Gasteiger partial charge in [0.15, 0.2) is 6.10 Å². The minimum atomic E-state index is -0.525. The number of amides is 1. The normalized spacial score (nSPS) is 11.8. The summed E-state index contributed by atoms with van der Waals surface area (Å²) in [6, 6.07) is 12.3. The molecule has 2 rings (SSSR count). The number of hydrogen-bond donors (Lipinski definition) is 1. The predicted molar refractivity (Wildman–Crippen MR) is 106 cm³/mol. The van der Waals surface area contributed by atoms with Gasteiger partial charge in [-0.1, -0.05) is 36.7 Å². The molecule has 26 heavy (non-hydrogen) atoms. The molecular formula is C20H23ClFNO2S. The van der Waals surface area contributed by atoms with E-state index in [1.807, 2.05) is 38.1 Å². The van der Waals surface area contributed by atoms with Gasteiger partial charge in [0.1, 0.15) is 11.6 Å². The smallest absolute Gasteiger partial charge is 0.261 e. The van der Waals surface area contributed by atoms with Gasteiger partial charge in [-0.3, -0.25) is 4.79 Å². The van der Waals surface area contributed by atoms with Crippen molar-refractivity contribution in [2.45, 2.75) is 32.1 Å². The van der Waals surface area contributed by atoms with E-state index >= 15 is 0 Å². The molecule has 0 aromatic heterocycles. The Balaban J connectivity index is 1.75. The first-order valence-electron chi connectivity index (χ1n) is 8.53. The lowest BCUT2D eigenvalue weighted by Gasteiger charge is -2.17. The van der Waals surface area contributed by atoms with Crippen molar-refractivity contribution in [3.8, 4) is 5.75 Å². The molecule has 0 fully saturated rings. The molecule has 0 saturated carbocycles. The summed E-state index contributed by atoms with van der Waals surface area (Å²) in [5, 5.41) is 3.30. The second-order valence-corrected chi connectivity index (χ2v) is 7.39. The Kier molecular flexibility index (Phi) is 8.26. The van der Waals surface area contributed by atoms with Gasteiger partial charge in [-0.15, -0.1) is 0 Å². The Morgan fingerprint density at radius 3 is 2.77 bits per heavy atom. The van der Waals surface area contributed by atoms with E-state index < -0.39 is 6.10 Å². The van der Waals surface area contributed by atoms with Gasteiger partial charge >= 0.3 is 0 Å². The molecule has 1 atom stereocenters. The van der Waals surface area contributed by atoms with E-state index in [9.17, 15) is 9.18 Å². The van der Waals surface area contributed by atoms with E-state index in [4.69, 9.17) is 16.3 Å². The summed E-state index contributed by atoms with van der Waals surface area (Å²) in [6.45, 7) is 4.38. The quantitative estimate of drug-likeness (QED) is 0.607. The van der Waals surface area contributed by atoms with Crippen LogP contribution in [0.5, 0.6) is 5.75 Å². The summed E-state index contributed by atoms with van der Waals surface area (Å²) in [6.07, 6.45) is 0.0559. The lowest BCUT2D eigenvalue weighted by molar-refractivity contribution is -0.127. The molecule has 140 valence electrons. The maximum atomic E-state index is 13.7. The SMILES string of the molecule is CC[C@H](Oc1cccc(C)c1)C(=O)NCCSCc1c(F)cccc1Cl. The molecule has 0 aliphatic heterocycles. The Hall–Kier alpha value is -1.72. The van der Waals surface area contributed by atoms with Crippen LogP contribution < -0.4 is 10.1 Å². The van der Waals surface area contributed by atoms with Gasteiger partial charge in [-0.25, -0.2) is 4.39 Å². The van der Waals surface area contributed by atoms with Crippen molar-refractivity contribution >= 4 is 29.3 Å². The maximum absolute atomic E-state index is 13.7.